The molecule has 1 aliphatic rings. The first-order valence-corrected chi connectivity index (χ1v) is 7.94. The molecule has 0 aliphatic heterocycles. The van der Waals surface area contributed by atoms with Crippen molar-refractivity contribution < 1.29 is 4.42 Å². The highest BCUT2D eigenvalue weighted by atomic mass is 16.3. The molecular formula is C20H17N3O. The highest BCUT2D eigenvalue weighted by Crippen LogP contribution is 2.14. The number of amidine groups is 2. The molecule has 0 atom stereocenters. The molecule has 0 bridgehead atoms. The van der Waals surface area contributed by atoms with Crippen LogP contribution >= 0.6 is 0 Å². The van der Waals surface area contributed by atoms with Crippen LogP contribution in [0.25, 0.3) is 23.1 Å². The van der Waals surface area contributed by atoms with Gasteiger partial charge in [-0.3, -0.25) is 5.41 Å². The van der Waals surface area contributed by atoms with Crippen molar-refractivity contribution in [3.63, 3.8) is 0 Å². The molecule has 0 radical (unpaired) electrons. The van der Waals surface area contributed by atoms with Crippen LogP contribution in [0.3, 0.4) is 0 Å². The minimum atomic E-state index is 0.146. The van der Waals surface area contributed by atoms with E-state index in [0.717, 1.165) is 45.6 Å². The largest absolute Gasteiger partial charge is 0.456 e. The predicted molar refractivity (Wildman–Crippen MR) is 97.6 cm³/mol. The topological polar surface area (TPSA) is 75.4 Å². The van der Waals surface area contributed by atoms with Gasteiger partial charge in [0.05, 0.1) is 0 Å². The summed E-state index contributed by atoms with van der Waals surface area (Å²) in [4.78, 5) is 4.25. The summed E-state index contributed by atoms with van der Waals surface area (Å²) in [5, 5.41) is 10.4. The van der Waals surface area contributed by atoms with Gasteiger partial charge in [-0.1, -0.05) is 36.4 Å². The number of furan rings is 1. The fourth-order valence-electron chi connectivity index (χ4n) is 2.95. The Morgan fingerprint density at radius 3 is 2.62 bits per heavy atom. The molecule has 1 aliphatic carbocycles. The maximum absolute atomic E-state index is 8.26. The third kappa shape index (κ3) is 2.52. The molecule has 0 spiro atoms. The summed E-state index contributed by atoms with van der Waals surface area (Å²) in [6.45, 7) is 0. The monoisotopic (exact) mass is 315 g/mol. The molecule has 24 heavy (non-hydrogen) atoms. The van der Waals surface area contributed by atoms with Gasteiger partial charge in [0.15, 0.2) is 5.84 Å². The Morgan fingerprint density at radius 1 is 1.00 bits per heavy atom. The molecule has 4 heteroatoms. The van der Waals surface area contributed by atoms with E-state index in [1.54, 1.807) is 0 Å². The number of fused-ring (bicyclic) bond motifs is 3. The van der Waals surface area contributed by atoms with Gasteiger partial charge in [-0.25, -0.2) is 4.99 Å². The smallest absolute Gasteiger partial charge is 0.154 e. The molecule has 3 aromatic rings. The van der Waals surface area contributed by atoms with Gasteiger partial charge in [-0.2, -0.15) is 0 Å². The number of hydrogen-bond donors (Lipinski definition) is 2. The minimum Gasteiger partial charge on any atom is -0.456 e. The lowest BCUT2D eigenvalue weighted by Gasteiger charge is -2.03. The number of nitrogens with two attached hydrogens (primary N) is 1. The number of hydrogen-bond acceptors (Lipinski definition) is 2. The molecule has 0 saturated heterocycles. The molecule has 0 amide bonds. The molecule has 0 saturated carbocycles. The van der Waals surface area contributed by atoms with E-state index < -0.39 is 0 Å². The second-order valence-electron chi connectivity index (χ2n) is 5.79. The van der Waals surface area contributed by atoms with Gasteiger partial charge in [0.2, 0.25) is 0 Å². The highest BCUT2D eigenvalue weighted by Gasteiger charge is 2.09. The lowest BCUT2D eigenvalue weighted by molar-refractivity contribution is 0.572. The first-order valence-electron chi connectivity index (χ1n) is 7.94. The lowest BCUT2D eigenvalue weighted by Crippen LogP contribution is -2.22. The van der Waals surface area contributed by atoms with Crippen LogP contribution in [0.4, 0.5) is 0 Å². The van der Waals surface area contributed by atoms with Crippen molar-refractivity contribution in [3.8, 4) is 0 Å². The summed E-state index contributed by atoms with van der Waals surface area (Å²) in [5.74, 6) is 0.489. The van der Waals surface area contributed by atoms with E-state index in [0.29, 0.717) is 5.84 Å². The average molecular weight is 315 g/mol. The van der Waals surface area contributed by atoms with E-state index in [4.69, 9.17) is 15.6 Å². The van der Waals surface area contributed by atoms with Crippen LogP contribution < -0.4 is 16.4 Å². The summed E-state index contributed by atoms with van der Waals surface area (Å²) in [7, 11) is 0. The van der Waals surface area contributed by atoms with Crippen molar-refractivity contribution in [2.24, 2.45) is 10.7 Å². The lowest BCUT2D eigenvalue weighted by atomic mass is 10.1. The molecule has 1 aromatic heterocycles. The predicted octanol–water partition coefficient (Wildman–Crippen LogP) is 2.52. The van der Waals surface area contributed by atoms with E-state index in [-0.39, 0.29) is 5.84 Å². The van der Waals surface area contributed by atoms with Gasteiger partial charge < -0.3 is 10.2 Å². The fourth-order valence-corrected chi connectivity index (χ4v) is 2.95. The van der Waals surface area contributed by atoms with Crippen LogP contribution in [0.15, 0.2) is 57.9 Å². The van der Waals surface area contributed by atoms with Crippen molar-refractivity contribution in [2.45, 2.75) is 12.8 Å². The Hall–Kier alpha value is -3.14. The number of benzene rings is 2. The highest BCUT2D eigenvalue weighted by molar-refractivity contribution is 6.10. The third-order valence-electron chi connectivity index (χ3n) is 4.18. The van der Waals surface area contributed by atoms with E-state index in [1.165, 1.54) is 0 Å². The summed E-state index contributed by atoms with van der Waals surface area (Å²) >= 11 is 0. The normalized spacial score (nSPS) is 13.9. The maximum Gasteiger partial charge on any atom is 0.154 e. The van der Waals surface area contributed by atoms with Crippen molar-refractivity contribution in [1.82, 2.24) is 0 Å². The molecule has 118 valence electrons. The van der Waals surface area contributed by atoms with E-state index in [1.807, 2.05) is 48.5 Å². The van der Waals surface area contributed by atoms with Crippen LogP contribution in [0.5, 0.6) is 0 Å². The van der Waals surface area contributed by atoms with E-state index >= 15 is 0 Å². The van der Waals surface area contributed by atoms with Crippen molar-refractivity contribution in [1.29, 1.82) is 5.41 Å². The zero-order chi connectivity index (χ0) is 16.5. The van der Waals surface area contributed by atoms with Crippen LogP contribution in [0, 0.1) is 5.41 Å². The van der Waals surface area contributed by atoms with Crippen molar-refractivity contribution in [2.75, 3.05) is 0 Å². The van der Waals surface area contributed by atoms with Crippen LogP contribution in [-0.2, 0) is 0 Å². The molecule has 4 nitrogen and oxygen atoms in total. The average Bonchev–Trinajstić information content (AvgIpc) is 3.00. The summed E-state index contributed by atoms with van der Waals surface area (Å²) < 4.78 is 5.86. The Balaban J connectivity index is 1.76. The molecule has 4 rings (SSSR count). The van der Waals surface area contributed by atoms with Gasteiger partial charge in [-0.15, -0.1) is 0 Å². The molecule has 0 fully saturated rings. The third-order valence-corrected chi connectivity index (χ3v) is 4.18. The van der Waals surface area contributed by atoms with Crippen LogP contribution in [0.1, 0.15) is 24.0 Å². The zero-order valence-corrected chi connectivity index (χ0v) is 13.1. The second kappa shape index (κ2) is 5.81. The summed E-state index contributed by atoms with van der Waals surface area (Å²) in [6.07, 6.45) is 6.33. The quantitative estimate of drug-likeness (QED) is 0.563. The number of aliphatic imine (C=N–C) groups is 1. The van der Waals surface area contributed by atoms with Gasteiger partial charge in [0, 0.05) is 21.7 Å². The second-order valence-corrected chi connectivity index (χ2v) is 5.79. The van der Waals surface area contributed by atoms with Gasteiger partial charge >= 0.3 is 0 Å². The maximum atomic E-state index is 8.26. The van der Waals surface area contributed by atoms with E-state index in [9.17, 15) is 0 Å². The van der Waals surface area contributed by atoms with Crippen LogP contribution in [0.2, 0.25) is 0 Å². The van der Waals surface area contributed by atoms with Crippen molar-refractivity contribution >= 4 is 34.8 Å². The Kier molecular flexibility index (Phi) is 3.50. The van der Waals surface area contributed by atoms with Crippen LogP contribution in [-0.4, -0.2) is 11.7 Å². The Bertz CT molecular complexity index is 1080. The standard InChI is InChI=1S/C20H17N3O/c21-19(13-6-2-1-3-7-13)23-20(22)14-10-11-18-16(12-14)15-8-4-5-9-17(15)24-18/h1-3,6-12H,4-5H2,(H3,21,22,23). The first-order chi connectivity index (χ1) is 11.7. The first kappa shape index (κ1) is 14.5. The van der Waals surface area contributed by atoms with E-state index in [2.05, 4.69) is 17.1 Å². The minimum absolute atomic E-state index is 0.146. The van der Waals surface area contributed by atoms with Gasteiger partial charge in [-0.05, 0) is 37.1 Å². The number of rotatable bonds is 2. The fraction of sp³-hybridized carbons (Fsp3) is 0.100. The number of nitrogens with one attached hydrogen (secondary N) is 1. The molecule has 3 N–H and O–H groups in total. The Morgan fingerprint density at radius 2 is 1.79 bits per heavy atom. The SMILES string of the molecule is N=C(N=C(N)c1ccccc1)c1ccc2oc3c(c2c1)=CCCC=3. The summed E-state index contributed by atoms with van der Waals surface area (Å²) in [5.41, 5.74) is 9.32. The number of nitrogens with zero attached hydrogens (tertiary/aromatic N) is 1. The molecule has 1 heterocycles. The molecule has 2 aromatic carbocycles. The van der Waals surface area contributed by atoms with Gasteiger partial charge in [0.25, 0.3) is 0 Å². The Labute approximate surface area is 139 Å². The summed E-state index contributed by atoms with van der Waals surface area (Å²) in [6, 6.07) is 15.2. The van der Waals surface area contributed by atoms with Crippen molar-refractivity contribution in [3.05, 3.63) is 70.3 Å². The van der Waals surface area contributed by atoms with Gasteiger partial charge in [0.1, 0.15) is 16.8 Å². The zero-order valence-electron chi connectivity index (χ0n) is 13.1. The molecular weight excluding hydrogens is 298 g/mol. The molecule has 0 unspecified atom stereocenters.